The monoisotopic (exact) mass is 261 g/mol. The van der Waals surface area contributed by atoms with E-state index in [9.17, 15) is 0 Å². The Bertz CT molecular complexity index is 414. The van der Waals surface area contributed by atoms with Crippen LogP contribution < -0.4 is 10.1 Å². The highest BCUT2D eigenvalue weighted by Gasteiger charge is 2.27. The average molecular weight is 261 g/mol. The van der Waals surface area contributed by atoms with E-state index in [4.69, 9.17) is 4.74 Å². The van der Waals surface area contributed by atoms with Crippen LogP contribution >= 0.6 is 0 Å². The minimum atomic E-state index is 0.702. The average Bonchev–Trinajstić information content (AvgIpc) is 2.38. The van der Waals surface area contributed by atoms with E-state index in [1.807, 2.05) is 0 Å². The van der Waals surface area contributed by atoms with Crippen LogP contribution in [0.15, 0.2) is 18.2 Å². The van der Waals surface area contributed by atoms with E-state index in [-0.39, 0.29) is 0 Å². The van der Waals surface area contributed by atoms with Crippen molar-refractivity contribution in [3.63, 3.8) is 0 Å². The predicted octanol–water partition coefficient (Wildman–Crippen LogP) is 3.74. The van der Waals surface area contributed by atoms with Crippen LogP contribution in [0.4, 0.5) is 0 Å². The molecule has 1 fully saturated rings. The minimum absolute atomic E-state index is 0.702. The SMILES string of the molecule is COc1ccc(C2CCNCC2CC(C)C)cc1C. The molecule has 1 heterocycles. The van der Waals surface area contributed by atoms with E-state index >= 15 is 0 Å². The summed E-state index contributed by atoms with van der Waals surface area (Å²) in [6.07, 6.45) is 2.56. The maximum atomic E-state index is 5.37. The molecule has 0 aromatic heterocycles. The van der Waals surface area contributed by atoms with Crippen molar-refractivity contribution in [2.75, 3.05) is 20.2 Å². The second-order valence-corrected chi connectivity index (χ2v) is 6.22. The van der Waals surface area contributed by atoms with Gasteiger partial charge in [0.25, 0.3) is 0 Å². The van der Waals surface area contributed by atoms with E-state index in [0.717, 1.165) is 30.7 Å². The standard InChI is InChI=1S/C17H27NO/c1-12(2)9-15-11-18-8-7-16(15)14-5-6-17(19-4)13(3)10-14/h5-6,10,12,15-16,18H,7-9,11H2,1-4H3. The van der Waals surface area contributed by atoms with Crippen LogP contribution in [0.25, 0.3) is 0 Å². The van der Waals surface area contributed by atoms with E-state index in [1.165, 1.54) is 24.0 Å². The largest absolute Gasteiger partial charge is 0.496 e. The van der Waals surface area contributed by atoms with Crippen LogP contribution in [0.5, 0.6) is 5.75 Å². The van der Waals surface area contributed by atoms with Crippen molar-refractivity contribution in [1.82, 2.24) is 5.32 Å². The molecule has 2 unspecified atom stereocenters. The minimum Gasteiger partial charge on any atom is -0.496 e. The highest BCUT2D eigenvalue weighted by Crippen LogP contribution is 2.35. The van der Waals surface area contributed by atoms with Crippen molar-refractivity contribution < 1.29 is 4.74 Å². The summed E-state index contributed by atoms with van der Waals surface area (Å²) in [6, 6.07) is 6.70. The van der Waals surface area contributed by atoms with Crippen molar-refractivity contribution in [3.8, 4) is 5.75 Å². The van der Waals surface area contributed by atoms with Crippen LogP contribution in [0, 0.1) is 18.8 Å². The summed E-state index contributed by atoms with van der Waals surface area (Å²) >= 11 is 0. The van der Waals surface area contributed by atoms with Gasteiger partial charge in [0.2, 0.25) is 0 Å². The highest BCUT2D eigenvalue weighted by atomic mass is 16.5. The lowest BCUT2D eigenvalue weighted by Gasteiger charge is -2.34. The first-order valence-electron chi connectivity index (χ1n) is 7.47. The van der Waals surface area contributed by atoms with E-state index in [1.54, 1.807) is 7.11 Å². The second-order valence-electron chi connectivity index (χ2n) is 6.22. The predicted molar refractivity (Wildman–Crippen MR) is 80.9 cm³/mol. The highest BCUT2D eigenvalue weighted by molar-refractivity contribution is 5.38. The van der Waals surface area contributed by atoms with Crippen LogP contribution in [-0.2, 0) is 0 Å². The molecule has 1 aliphatic rings. The molecule has 19 heavy (non-hydrogen) atoms. The molecule has 1 saturated heterocycles. The molecule has 2 heteroatoms. The normalized spacial score (nSPS) is 23.6. The number of nitrogens with one attached hydrogen (secondary N) is 1. The number of methoxy groups -OCH3 is 1. The molecule has 1 aliphatic heterocycles. The Labute approximate surface area is 117 Å². The second kappa shape index (κ2) is 6.42. The number of rotatable bonds is 4. The molecule has 2 nitrogen and oxygen atoms in total. The van der Waals surface area contributed by atoms with Gasteiger partial charge in [0.05, 0.1) is 7.11 Å². The fourth-order valence-corrected chi connectivity index (χ4v) is 3.35. The molecular weight excluding hydrogens is 234 g/mol. The van der Waals surface area contributed by atoms with Crippen LogP contribution in [-0.4, -0.2) is 20.2 Å². The smallest absolute Gasteiger partial charge is 0.121 e. The Kier molecular flexibility index (Phi) is 4.87. The van der Waals surface area contributed by atoms with Gasteiger partial charge in [0.15, 0.2) is 0 Å². The first-order chi connectivity index (χ1) is 9.11. The van der Waals surface area contributed by atoms with Gasteiger partial charge in [-0.2, -0.15) is 0 Å². The summed E-state index contributed by atoms with van der Waals surface area (Å²) in [5.41, 5.74) is 2.74. The Morgan fingerprint density at radius 2 is 2.16 bits per heavy atom. The molecule has 106 valence electrons. The molecule has 2 rings (SSSR count). The van der Waals surface area contributed by atoms with E-state index in [2.05, 4.69) is 44.3 Å². The molecule has 0 aliphatic carbocycles. The van der Waals surface area contributed by atoms with Gasteiger partial charge < -0.3 is 10.1 Å². The van der Waals surface area contributed by atoms with Gasteiger partial charge in [-0.05, 0) is 67.8 Å². The zero-order chi connectivity index (χ0) is 13.8. The van der Waals surface area contributed by atoms with Gasteiger partial charge in [-0.15, -0.1) is 0 Å². The lowest BCUT2D eigenvalue weighted by atomic mass is 9.77. The van der Waals surface area contributed by atoms with Gasteiger partial charge in [-0.25, -0.2) is 0 Å². The van der Waals surface area contributed by atoms with Gasteiger partial charge in [0, 0.05) is 0 Å². The number of aryl methyl sites for hydroxylation is 1. The first kappa shape index (κ1) is 14.4. The molecule has 0 amide bonds. The van der Waals surface area contributed by atoms with Gasteiger partial charge in [-0.1, -0.05) is 26.0 Å². The summed E-state index contributed by atoms with van der Waals surface area (Å²) in [6.45, 7) is 9.09. The Hall–Kier alpha value is -1.02. The van der Waals surface area contributed by atoms with Gasteiger partial charge in [0.1, 0.15) is 5.75 Å². The van der Waals surface area contributed by atoms with E-state index < -0.39 is 0 Å². The third-order valence-electron chi connectivity index (χ3n) is 4.23. The van der Waals surface area contributed by atoms with Crippen molar-refractivity contribution >= 4 is 0 Å². The maximum absolute atomic E-state index is 5.37. The summed E-state index contributed by atoms with van der Waals surface area (Å²) in [4.78, 5) is 0. The number of benzene rings is 1. The number of hydrogen-bond acceptors (Lipinski definition) is 2. The maximum Gasteiger partial charge on any atom is 0.121 e. The zero-order valence-electron chi connectivity index (χ0n) is 12.7. The lowest BCUT2D eigenvalue weighted by Crippen LogP contribution is -2.36. The lowest BCUT2D eigenvalue weighted by molar-refractivity contribution is 0.280. The summed E-state index contributed by atoms with van der Waals surface area (Å²) in [5, 5.41) is 3.55. The number of ether oxygens (including phenoxy) is 1. The molecule has 0 radical (unpaired) electrons. The van der Waals surface area contributed by atoms with Crippen LogP contribution in [0.1, 0.15) is 43.7 Å². The summed E-state index contributed by atoms with van der Waals surface area (Å²) in [5.74, 6) is 3.24. The molecule has 1 aromatic carbocycles. The Balaban J connectivity index is 2.19. The summed E-state index contributed by atoms with van der Waals surface area (Å²) < 4.78 is 5.37. The number of piperidine rings is 1. The molecule has 1 N–H and O–H groups in total. The van der Waals surface area contributed by atoms with Crippen molar-refractivity contribution in [1.29, 1.82) is 0 Å². The Morgan fingerprint density at radius 3 is 2.79 bits per heavy atom. The third-order valence-corrected chi connectivity index (χ3v) is 4.23. The topological polar surface area (TPSA) is 21.3 Å². The molecule has 1 aromatic rings. The number of hydrogen-bond donors (Lipinski definition) is 1. The molecular formula is C17H27NO. The van der Waals surface area contributed by atoms with Gasteiger partial charge in [-0.3, -0.25) is 0 Å². The first-order valence-corrected chi connectivity index (χ1v) is 7.47. The fourth-order valence-electron chi connectivity index (χ4n) is 3.35. The van der Waals surface area contributed by atoms with Crippen LogP contribution in [0.2, 0.25) is 0 Å². The summed E-state index contributed by atoms with van der Waals surface area (Å²) in [7, 11) is 1.74. The third kappa shape index (κ3) is 3.50. The van der Waals surface area contributed by atoms with Crippen LogP contribution in [0.3, 0.4) is 0 Å². The quantitative estimate of drug-likeness (QED) is 0.891. The molecule has 0 saturated carbocycles. The zero-order valence-corrected chi connectivity index (χ0v) is 12.7. The van der Waals surface area contributed by atoms with E-state index in [0.29, 0.717) is 5.92 Å². The van der Waals surface area contributed by atoms with Gasteiger partial charge >= 0.3 is 0 Å². The Morgan fingerprint density at radius 1 is 1.37 bits per heavy atom. The molecule has 2 atom stereocenters. The van der Waals surface area contributed by atoms with Crippen molar-refractivity contribution in [2.24, 2.45) is 11.8 Å². The molecule has 0 spiro atoms. The fraction of sp³-hybridized carbons (Fsp3) is 0.647. The van der Waals surface area contributed by atoms with Crippen molar-refractivity contribution in [2.45, 2.75) is 39.5 Å². The van der Waals surface area contributed by atoms with Crippen molar-refractivity contribution in [3.05, 3.63) is 29.3 Å². The molecule has 0 bridgehead atoms.